The van der Waals surface area contributed by atoms with Crippen LogP contribution in [0.3, 0.4) is 0 Å². The average molecular weight is 292 g/mol. The number of fused-ring (bicyclic) bond motifs is 3. The molecule has 3 heteroatoms. The van der Waals surface area contributed by atoms with Crippen LogP contribution < -0.4 is 5.32 Å². The van der Waals surface area contributed by atoms with Gasteiger partial charge in [-0.05, 0) is 30.5 Å². The third-order valence-corrected chi connectivity index (χ3v) is 5.00. The molecule has 0 saturated carbocycles. The van der Waals surface area contributed by atoms with E-state index < -0.39 is 5.66 Å². The first-order valence-electron chi connectivity index (χ1n) is 7.96. The quantitative estimate of drug-likeness (QED) is 0.923. The minimum absolute atomic E-state index is 0.132. The minimum Gasteiger partial charge on any atom is -0.308 e. The van der Waals surface area contributed by atoms with Crippen LogP contribution >= 0.6 is 0 Å². The van der Waals surface area contributed by atoms with Gasteiger partial charge in [0.1, 0.15) is 5.66 Å². The summed E-state index contributed by atoms with van der Waals surface area (Å²) in [5.74, 6) is 0.132. The van der Waals surface area contributed by atoms with E-state index in [1.807, 2.05) is 23.1 Å². The highest BCUT2D eigenvalue weighted by atomic mass is 16.2. The number of hydrogen-bond donors (Lipinski definition) is 1. The fourth-order valence-electron chi connectivity index (χ4n) is 3.87. The summed E-state index contributed by atoms with van der Waals surface area (Å²) in [6.45, 7) is 5.08. The molecule has 0 radical (unpaired) electrons. The molecule has 22 heavy (non-hydrogen) atoms. The zero-order valence-corrected chi connectivity index (χ0v) is 13.0. The van der Waals surface area contributed by atoms with Gasteiger partial charge in [-0.15, -0.1) is 0 Å². The Labute approximate surface area is 131 Å². The van der Waals surface area contributed by atoms with E-state index >= 15 is 0 Å². The Balaban J connectivity index is 1.94. The zero-order valence-electron chi connectivity index (χ0n) is 13.0. The van der Waals surface area contributed by atoms with E-state index in [0.29, 0.717) is 0 Å². The molecule has 2 aliphatic heterocycles. The Bertz CT molecular complexity index is 737. The topological polar surface area (TPSA) is 32.3 Å². The van der Waals surface area contributed by atoms with Gasteiger partial charge in [0, 0.05) is 23.7 Å². The van der Waals surface area contributed by atoms with Crippen LogP contribution in [0.4, 0.5) is 0 Å². The zero-order chi connectivity index (χ0) is 15.3. The van der Waals surface area contributed by atoms with Crippen molar-refractivity contribution < 1.29 is 4.79 Å². The van der Waals surface area contributed by atoms with Gasteiger partial charge in [0.05, 0.1) is 0 Å². The van der Waals surface area contributed by atoms with Gasteiger partial charge < -0.3 is 4.90 Å². The molecule has 1 amide bonds. The second-order valence-electron chi connectivity index (χ2n) is 6.21. The van der Waals surface area contributed by atoms with Crippen LogP contribution in [0.1, 0.15) is 40.9 Å². The molecule has 4 rings (SSSR count). The van der Waals surface area contributed by atoms with Gasteiger partial charge in [-0.1, -0.05) is 49.4 Å². The van der Waals surface area contributed by atoms with Crippen molar-refractivity contribution in [2.24, 2.45) is 0 Å². The van der Waals surface area contributed by atoms with Crippen LogP contribution in [-0.2, 0) is 12.1 Å². The van der Waals surface area contributed by atoms with Gasteiger partial charge in [0.2, 0.25) is 0 Å². The molecule has 2 aliphatic rings. The number of rotatable bonds is 2. The molecule has 2 aromatic rings. The molecule has 3 nitrogen and oxygen atoms in total. The Morgan fingerprint density at radius 1 is 1.18 bits per heavy atom. The fourth-order valence-corrected chi connectivity index (χ4v) is 3.87. The highest BCUT2D eigenvalue weighted by Crippen LogP contribution is 2.46. The number of nitrogens with zero attached hydrogens (tertiary/aromatic N) is 1. The third kappa shape index (κ3) is 1.57. The number of carbonyl (C=O) groups excluding carboxylic acids is 1. The molecular formula is C19H20N2O. The predicted molar refractivity (Wildman–Crippen MR) is 86.7 cm³/mol. The maximum absolute atomic E-state index is 12.9. The van der Waals surface area contributed by atoms with E-state index in [1.54, 1.807) is 0 Å². The standard InChI is InChI=1S/C19H20N2O/c1-3-14-8-10-15(11-9-14)19-17-7-5-4-6-16(17)18(22)21(19)13(2)12-20-19/h4-11,13,20H,3,12H2,1-2H3. The molecule has 1 N–H and O–H groups in total. The largest absolute Gasteiger partial charge is 0.308 e. The van der Waals surface area contributed by atoms with Crippen molar-refractivity contribution in [2.75, 3.05) is 6.54 Å². The highest BCUT2D eigenvalue weighted by molar-refractivity contribution is 6.01. The second kappa shape index (κ2) is 4.68. The molecule has 2 atom stereocenters. The lowest BCUT2D eigenvalue weighted by Crippen LogP contribution is -2.48. The lowest BCUT2D eigenvalue weighted by atomic mass is 9.90. The molecule has 1 saturated heterocycles. The van der Waals surface area contributed by atoms with Crippen molar-refractivity contribution in [1.82, 2.24) is 10.2 Å². The molecule has 112 valence electrons. The van der Waals surface area contributed by atoms with Crippen LogP contribution in [0.25, 0.3) is 0 Å². The summed E-state index contributed by atoms with van der Waals surface area (Å²) in [4.78, 5) is 14.9. The second-order valence-corrected chi connectivity index (χ2v) is 6.21. The van der Waals surface area contributed by atoms with Gasteiger partial charge in [-0.2, -0.15) is 0 Å². The molecule has 0 bridgehead atoms. The predicted octanol–water partition coefficient (Wildman–Crippen LogP) is 2.90. The van der Waals surface area contributed by atoms with Crippen molar-refractivity contribution in [3.05, 3.63) is 70.8 Å². The summed E-state index contributed by atoms with van der Waals surface area (Å²) in [6, 6.07) is 16.8. The minimum atomic E-state index is -0.501. The molecule has 0 aromatic heterocycles. The lowest BCUT2D eigenvalue weighted by Gasteiger charge is -2.35. The normalized spacial score (nSPS) is 26.2. The van der Waals surface area contributed by atoms with E-state index in [-0.39, 0.29) is 11.9 Å². The maximum Gasteiger partial charge on any atom is 0.256 e. The molecular weight excluding hydrogens is 272 g/mol. The summed E-state index contributed by atoms with van der Waals surface area (Å²) >= 11 is 0. The first-order chi connectivity index (χ1) is 10.7. The fraction of sp³-hybridized carbons (Fsp3) is 0.316. The first-order valence-corrected chi connectivity index (χ1v) is 7.96. The van der Waals surface area contributed by atoms with Crippen molar-refractivity contribution in [3.63, 3.8) is 0 Å². The SMILES string of the molecule is CCc1ccc(C23NCC(C)N2C(=O)c2ccccc23)cc1. The Morgan fingerprint density at radius 2 is 1.91 bits per heavy atom. The number of carbonyl (C=O) groups is 1. The van der Waals surface area contributed by atoms with E-state index in [0.717, 1.165) is 29.7 Å². The molecule has 0 aliphatic carbocycles. The molecule has 1 fully saturated rings. The maximum atomic E-state index is 12.9. The highest BCUT2D eigenvalue weighted by Gasteiger charge is 2.55. The van der Waals surface area contributed by atoms with Crippen LogP contribution in [0.2, 0.25) is 0 Å². The molecule has 2 heterocycles. The smallest absolute Gasteiger partial charge is 0.256 e. The number of nitrogens with one attached hydrogen (secondary N) is 1. The van der Waals surface area contributed by atoms with Crippen molar-refractivity contribution >= 4 is 5.91 Å². The number of hydrogen-bond acceptors (Lipinski definition) is 2. The van der Waals surface area contributed by atoms with E-state index in [2.05, 4.69) is 49.5 Å². The first kappa shape index (κ1) is 13.5. The lowest BCUT2D eigenvalue weighted by molar-refractivity contribution is 0.0628. The van der Waals surface area contributed by atoms with Crippen molar-refractivity contribution in [2.45, 2.75) is 32.0 Å². The van der Waals surface area contributed by atoms with E-state index in [1.165, 1.54) is 5.56 Å². The molecule has 0 spiro atoms. The summed E-state index contributed by atoms with van der Waals surface area (Å²) in [5, 5.41) is 3.63. The van der Waals surface area contributed by atoms with Crippen LogP contribution in [0.15, 0.2) is 48.5 Å². The number of aryl methyl sites for hydroxylation is 1. The van der Waals surface area contributed by atoms with Crippen molar-refractivity contribution in [1.29, 1.82) is 0 Å². The Kier molecular flexibility index (Phi) is 2.88. The van der Waals surface area contributed by atoms with E-state index in [9.17, 15) is 4.79 Å². The Hall–Kier alpha value is -2.13. The summed E-state index contributed by atoms with van der Waals surface area (Å²) < 4.78 is 0. The van der Waals surface area contributed by atoms with Crippen LogP contribution in [0, 0.1) is 0 Å². The Morgan fingerprint density at radius 3 is 2.64 bits per heavy atom. The summed E-state index contributed by atoms with van der Waals surface area (Å²) in [5.41, 5.74) is 3.86. The van der Waals surface area contributed by atoms with Gasteiger partial charge >= 0.3 is 0 Å². The van der Waals surface area contributed by atoms with E-state index in [4.69, 9.17) is 0 Å². The van der Waals surface area contributed by atoms with Gasteiger partial charge in [0.15, 0.2) is 0 Å². The van der Waals surface area contributed by atoms with Crippen LogP contribution in [0.5, 0.6) is 0 Å². The summed E-state index contributed by atoms with van der Waals surface area (Å²) in [6.07, 6.45) is 1.02. The van der Waals surface area contributed by atoms with Crippen LogP contribution in [-0.4, -0.2) is 23.4 Å². The number of benzene rings is 2. The average Bonchev–Trinajstić information content (AvgIpc) is 3.04. The third-order valence-electron chi connectivity index (χ3n) is 5.00. The molecule has 2 unspecified atom stereocenters. The van der Waals surface area contributed by atoms with Gasteiger partial charge in [-0.25, -0.2) is 0 Å². The summed E-state index contributed by atoms with van der Waals surface area (Å²) in [7, 11) is 0. The van der Waals surface area contributed by atoms with Gasteiger partial charge in [0.25, 0.3) is 5.91 Å². The molecule has 2 aromatic carbocycles. The van der Waals surface area contributed by atoms with Crippen molar-refractivity contribution in [3.8, 4) is 0 Å². The van der Waals surface area contributed by atoms with Gasteiger partial charge in [-0.3, -0.25) is 10.1 Å². The number of amides is 1. The monoisotopic (exact) mass is 292 g/mol.